The summed E-state index contributed by atoms with van der Waals surface area (Å²) in [7, 11) is 4.70. The molecule has 0 amide bonds. The van der Waals surface area contributed by atoms with E-state index in [0.717, 1.165) is 0 Å². The second-order valence-corrected chi connectivity index (χ2v) is 14.0. The highest BCUT2D eigenvalue weighted by atomic mass is 16.6. The van der Waals surface area contributed by atoms with Crippen molar-refractivity contribution in [3.8, 4) is 0 Å². The van der Waals surface area contributed by atoms with Crippen molar-refractivity contribution in [2.24, 2.45) is 5.41 Å². The van der Waals surface area contributed by atoms with E-state index in [2.05, 4.69) is 0 Å². The minimum absolute atomic E-state index is 0.0485. The van der Waals surface area contributed by atoms with Crippen LogP contribution in [-0.2, 0) is 85.6 Å². The van der Waals surface area contributed by atoms with Crippen LogP contribution in [0, 0.1) is 5.41 Å². The van der Waals surface area contributed by atoms with E-state index in [1.54, 1.807) is 28.3 Å². The standard InChI is InChI=1S/C42H76O18/c1-37(43)11-5-20-51-23-24-52-21-6-12-38(44)13-7-22-53-25-26-54-33-42(34-55-27-30-58-39(45)14-8-17-48-2,35-56-28-31-59-40(46)15-9-18-49-3)36-57-29-32-60-41(47)16-10-19-50-4/h5-36H2,1-4H3. The van der Waals surface area contributed by atoms with Crippen molar-refractivity contribution in [2.75, 3.05) is 153 Å². The van der Waals surface area contributed by atoms with E-state index < -0.39 is 5.41 Å². The summed E-state index contributed by atoms with van der Waals surface area (Å²) in [6.07, 6.45) is 5.64. The van der Waals surface area contributed by atoms with Gasteiger partial charge in [-0.25, -0.2) is 0 Å². The number of Topliss-reactive ketones (excluding diaryl/α,β-unsaturated/α-hetero) is 2. The normalized spacial score (nSPS) is 11.5. The molecule has 0 N–H and O–H groups in total. The summed E-state index contributed by atoms with van der Waals surface area (Å²) in [4.78, 5) is 59.3. The topological polar surface area (TPSA) is 205 Å². The Bertz CT molecular complexity index is 979. The van der Waals surface area contributed by atoms with E-state index in [-0.39, 0.29) is 128 Å². The number of carbonyl (C=O) groups excluding carboxylic acids is 5. The van der Waals surface area contributed by atoms with Gasteiger partial charge in [-0.15, -0.1) is 0 Å². The molecule has 0 aromatic heterocycles. The molecule has 0 aliphatic carbocycles. The van der Waals surface area contributed by atoms with Gasteiger partial charge in [-0.3, -0.25) is 19.2 Å². The number of ether oxygens (including phenoxy) is 13. The minimum Gasteiger partial charge on any atom is -0.463 e. The third-order valence-electron chi connectivity index (χ3n) is 8.34. The highest BCUT2D eigenvalue weighted by molar-refractivity contribution is 5.78. The van der Waals surface area contributed by atoms with Crippen molar-refractivity contribution < 1.29 is 85.6 Å². The van der Waals surface area contributed by atoms with Crippen LogP contribution in [0.15, 0.2) is 0 Å². The third kappa shape index (κ3) is 39.5. The van der Waals surface area contributed by atoms with Crippen LogP contribution in [0.4, 0.5) is 0 Å². The Kier molecular flexibility index (Phi) is 41.1. The molecule has 0 radical (unpaired) electrons. The Morgan fingerprint density at radius 2 is 0.617 bits per heavy atom. The first-order valence-electron chi connectivity index (χ1n) is 21.2. The van der Waals surface area contributed by atoms with Crippen molar-refractivity contribution in [3.05, 3.63) is 0 Å². The highest BCUT2D eigenvalue weighted by Crippen LogP contribution is 2.21. The molecule has 0 aromatic carbocycles. The van der Waals surface area contributed by atoms with E-state index >= 15 is 0 Å². The lowest BCUT2D eigenvalue weighted by Crippen LogP contribution is -2.43. The molecule has 0 aliphatic rings. The molecule has 0 aliphatic heterocycles. The Morgan fingerprint density at radius 1 is 0.333 bits per heavy atom. The largest absolute Gasteiger partial charge is 0.463 e. The van der Waals surface area contributed by atoms with Gasteiger partial charge >= 0.3 is 17.9 Å². The average molecular weight is 869 g/mol. The van der Waals surface area contributed by atoms with Crippen LogP contribution in [0.3, 0.4) is 0 Å². The second kappa shape index (κ2) is 43.0. The summed E-state index contributed by atoms with van der Waals surface area (Å²) >= 11 is 0. The predicted molar refractivity (Wildman–Crippen MR) is 218 cm³/mol. The maximum absolute atomic E-state index is 12.3. The van der Waals surface area contributed by atoms with Crippen molar-refractivity contribution in [1.82, 2.24) is 0 Å². The Balaban J connectivity index is 4.97. The van der Waals surface area contributed by atoms with Gasteiger partial charge in [0.2, 0.25) is 0 Å². The van der Waals surface area contributed by atoms with E-state index in [4.69, 9.17) is 61.6 Å². The molecule has 352 valence electrons. The first-order valence-corrected chi connectivity index (χ1v) is 21.2. The Morgan fingerprint density at radius 3 is 0.933 bits per heavy atom. The van der Waals surface area contributed by atoms with E-state index in [0.29, 0.717) is 111 Å². The fraction of sp³-hybridized carbons (Fsp3) is 0.881. The Hall–Kier alpha value is -2.65. The fourth-order valence-electron chi connectivity index (χ4n) is 5.18. The number of methoxy groups -OCH3 is 3. The molecule has 0 heterocycles. The molecule has 0 atom stereocenters. The van der Waals surface area contributed by atoms with Crippen LogP contribution in [0.2, 0.25) is 0 Å². The molecule has 0 fully saturated rings. The molecule has 18 heteroatoms. The van der Waals surface area contributed by atoms with Crippen LogP contribution < -0.4 is 0 Å². The SMILES string of the molecule is COCCCC(=O)OCCOCC(COCCOCCCC(=O)CCCOCCOCCCC(C)=O)(COCCOC(=O)CCCOC)COCCOC(=O)CCCOC. The number of hydrogen-bond acceptors (Lipinski definition) is 18. The summed E-state index contributed by atoms with van der Waals surface area (Å²) < 4.78 is 71.3. The van der Waals surface area contributed by atoms with E-state index in [1.807, 2.05) is 0 Å². The molecule has 18 nitrogen and oxygen atoms in total. The smallest absolute Gasteiger partial charge is 0.305 e. The molecule has 0 rings (SSSR count). The second-order valence-electron chi connectivity index (χ2n) is 14.0. The lowest BCUT2D eigenvalue weighted by atomic mass is 9.92. The van der Waals surface area contributed by atoms with Gasteiger partial charge in [0.05, 0.1) is 78.1 Å². The lowest BCUT2D eigenvalue weighted by Gasteiger charge is -2.33. The number of carbonyl (C=O) groups is 5. The molecule has 0 bridgehead atoms. The lowest BCUT2D eigenvalue weighted by molar-refractivity contribution is -0.151. The molecule has 0 unspecified atom stereocenters. The van der Waals surface area contributed by atoms with Gasteiger partial charge in [0.25, 0.3) is 0 Å². The van der Waals surface area contributed by atoms with Crippen molar-refractivity contribution >= 4 is 29.5 Å². The zero-order chi connectivity index (χ0) is 44.2. The highest BCUT2D eigenvalue weighted by Gasteiger charge is 2.33. The number of rotatable bonds is 47. The zero-order valence-corrected chi connectivity index (χ0v) is 37.0. The third-order valence-corrected chi connectivity index (χ3v) is 8.34. The Labute approximate surface area is 357 Å². The van der Waals surface area contributed by atoms with E-state index in [9.17, 15) is 24.0 Å². The summed E-state index contributed by atoms with van der Waals surface area (Å²) in [6.45, 7) is 6.71. The maximum atomic E-state index is 12.3. The van der Waals surface area contributed by atoms with E-state index in [1.165, 1.54) is 0 Å². The number of esters is 3. The number of ketones is 2. The van der Waals surface area contributed by atoms with Crippen molar-refractivity contribution in [3.63, 3.8) is 0 Å². The molecule has 0 saturated heterocycles. The molecule has 0 spiro atoms. The molecule has 60 heavy (non-hydrogen) atoms. The zero-order valence-electron chi connectivity index (χ0n) is 37.0. The van der Waals surface area contributed by atoms with Gasteiger partial charge < -0.3 is 66.4 Å². The van der Waals surface area contributed by atoms with Gasteiger partial charge in [0, 0.05) is 99.5 Å². The maximum Gasteiger partial charge on any atom is 0.305 e. The van der Waals surface area contributed by atoms with Crippen molar-refractivity contribution in [1.29, 1.82) is 0 Å². The summed E-state index contributed by atoms with van der Waals surface area (Å²) in [5.41, 5.74) is -0.854. The van der Waals surface area contributed by atoms with Crippen LogP contribution in [-0.4, -0.2) is 183 Å². The number of hydrogen-bond donors (Lipinski definition) is 0. The first-order chi connectivity index (χ1) is 29.2. The molecule has 0 aromatic rings. The van der Waals surface area contributed by atoms with Crippen LogP contribution in [0.5, 0.6) is 0 Å². The van der Waals surface area contributed by atoms with Gasteiger partial charge in [-0.05, 0) is 45.4 Å². The monoisotopic (exact) mass is 869 g/mol. The van der Waals surface area contributed by atoms with Gasteiger partial charge in [-0.2, -0.15) is 0 Å². The van der Waals surface area contributed by atoms with Crippen LogP contribution >= 0.6 is 0 Å². The van der Waals surface area contributed by atoms with Crippen LogP contribution in [0.25, 0.3) is 0 Å². The van der Waals surface area contributed by atoms with Gasteiger partial charge in [0.15, 0.2) is 0 Å². The quantitative estimate of drug-likeness (QED) is 0.0488. The minimum atomic E-state index is -0.854. The fourth-order valence-corrected chi connectivity index (χ4v) is 5.18. The summed E-state index contributed by atoms with van der Waals surface area (Å²) in [5.74, 6) is -0.754. The first kappa shape index (κ1) is 57.3. The summed E-state index contributed by atoms with van der Waals surface area (Å²) in [5, 5.41) is 0. The summed E-state index contributed by atoms with van der Waals surface area (Å²) in [6, 6.07) is 0. The predicted octanol–water partition coefficient (Wildman–Crippen LogP) is 3.50. The molecule has 0 saturated carbocycles. The van der Waals surface area contributed by atoms with Crippen LogP contribution in [0.1, 0.15) is 84.0 Å². The molecular weight excluding hydrogens is 792 g/mol. The molecular formula is C42H76O18. The average Bonchev–Trinajstić information content (AvgIpc) is 3.22. The van der Waals surface area contributed by atoms with Crippen molar-refractivity contribution in [2.45, 2.75) is 84.0 Å². The van der Waals surface area contributed by atoms with Gasteiger partial charge in [-0.1, -0.05) is 0 Å². The van der Waals surface area contributed by atoms with Gasteiger partial charge in [0.1, 0.15) is 31.4 Å².